The van der Waals surface area contributed by atoms with Gasteiger partial charge >= 0.3 is 8.25 Å². The highest BCUT2D eigenvalue weighted by Crippen LogP contribution is 1.89. The molecule has 0 aliphatic rings. The molecule has 0 aromatic carbocycles. The maximum Gasteiger partial charge on any atom is 0.485 e. The van der Waals surface area contributed by atoms with Crippen LogP contribution in [0.5, 0.6) is 0 Å². The lowest BCUT2D eigenvalue weighted by Crippen LogP contribution is -1.78. The fraction of sp³-hybridized carbons (Fsp3) is 1.00. The van der Waals surface area contributed by atoms with Gasteiger partial charge < -0.3 is 4.89 Å². The van der Waals surface area contributed by atoms with Crippen LogP contribution in [-0.2, 0) is 4.57 Å². The Balaban J connectivity index is 0. The fourth-order valence-corrected chi connectivity index (χ4v) is 0. The minimum absolute atomic E-state index is 0. The average molecular weight is 96.0 g/mol. The van der Waals surface area contributed by atoms with E-state index in [4.69, 9.17) is 14.4 Å². The predicted octanol–water partition coefficient (Wildman–Crippen LogP) is -0.368. The predicted molar refractivity (Wildman–Crippen MR) is 16.6 cm³/mol. The summed E-state index contributed by atoms with van der Waals surface area (Å²) >= 11 is 0. The zero-order chi connectivity index (χ0) is 3.58. The summed E-state index contributed by atoms with van der Waals surface area (Å²) in [4.78, 5) is 15.6. The van der Waals surface area contributed by atoms with Crippen LogP contribution in [0.3, 0.4) is 0 Å². The molecule has 0 saturated carbocycles. The average Bonchev–Trinajstić information content (AvgIpc) is 0.811. The van der Waals surface area contributed by atoms with Gasteiger partial charge in [0, 0.05) is 0 Å². The van der Waals surface area contributed by atoms with Crippen LogP contribution in [0.15, 0.2) is 0 Å². The van der Waals surface area contributed by atoms with Crippen molar-refractivity contribution in [3.8, 4) is 0 Å². The van der Waals surface area contributed by atoms with Crippen molar-refractivity contribution in [3.63, 3.8) is 0 Å². The van der Waals surface area contributed by atoms with Crippen LogP contribution in [-0.4, -0.2) is 4.89 Å². The third kappa shape index (κ3) is 41000. The van der Waals surface area contributed by atoms with Crippen molar-refractivity contribution in [1.82, 2.24) is 0 Å². The van der Waals surface area contributed by atoms with Crippen molar-refractivity contribution in [2.45, 2.75) is 7.43 Å². The molecule has 0 aliphatic carbocycles. The summed E-state index contributed by atoms with van der Waals surface area (Å²) in [5.74, 6) is 0. The summed E-state index contributed by atoms with van der Waals surface area (Å²) in [6, 6.07) is 0. The molecule has 0 amide bonds. The van der Waals surface area contributed by atoms with Crippen molar-refractivity contribution in [1.29, 1.82) is 0 Å². The molecular formula is CH5O3P. The molecule has 0 bridgehead atoms. The Morgan fingerprint density at radius 3 is 1.80 bits per heavy atom. The summed E-state index contributed by atoms with van der Waals surface area (Å²) in [7, 11) is -3.12. The first-order valence-electron chi connectivity index (χ1n) is 0.565. The van der Waals surface area contributed by atoms with E-state index in [0.717, 1.165) is 0 Å². The maximum absolute atomic E-state index is 8.59. The number of rotatable bonds is 0. The van der Waals surface area contributed by atoms with Crippen LogP contribution < -0.4 is 4.89 Å². The Morgan fingerprint density at radius 1 is 1.80 bits per heavy atom. The summed E-state index contributed by atoms with van der Waals surface area (Å²) < 4.78 is 8.59. The van der Waals surface area contributed by atoms with Gasteiger partial charge in [0.2, 0.25) is 0 Å². The second kappa shape index (κ2) is 4.02. The number of hydrogen-bond donors (Lipinski definition) is 1. The van der Waals surface area contributed by atoms with E-state index in [1.165, 1.54) is 0 Å². The van der Waals surface area contributed by atoms with Crippen LogP contribution in [0.1, 0.15) is 7.43 Å². The van der Waals surface area contributed by atoms with Crippen LogP contribution >= 0.6 is 8.25 Å². The van der Waals surface area contributed by atoms with Crippen LogP contribution in [0.25, 0.3) is 0 Å². The highest BCUT2D eigenvalue weighted by Gasteiger charge is 1.73. The summed E-state index contributed by atoms with van der Waals surface area (Å²) in [6.45, 7) is 0. The van der Waals surface area contributed by atoms with Crippen molar-refractivity contribution in [2.75, 3.05) is 0 Å². The zero-order valence-electron chi connectivity index (χ0n) is 1.71. The third-order valence-electron chi connectivity index (χ3n) is 0. The van der Waals surface area contributed by atoms with E-state index >= 15 is 0 Å². The van der Waals surface area contributed by atoms with Gasteiger partial charge in [0.15, 0.2) is 0 Å². The Labute approximate surface area is 31.2 Å². The normalized spacial score (nSPS) is 8.80. The molecule has 1 N–H and O–H groups in total. The van der Waals surface area contributed by atoms with Gasteiger partial charge in [-0.2, -0.15) is 4.89 Å². The second-order valence-corrected chi connectivity index (χ2v) is 0.714. The van der Waals surface area contributed by atoms with E-state index in [9.17, 15) is 0 Å². The Kier molecular flexibility index (Phi) is 7.15. The van der Waals surface area contributed by atoms with Crippen LogP contribution in [0.4, 0.5) is 0 Å². The summed E-state index contributed by atoms with van der Waals surface area (Å²) in [5, 5.41) is 0. The van der Waals surface area contributed by atoms with E-state index < -0.39 is 8.25 Å². The van der Waals surface area contributed by atoms with Gasteiger partial charge in [-0.25, -0.2) is 0 Å². The topological polar surface area (TPSA) is 60.4 Å². The molecule has 0 spiro atoms. The van der Waals surface area contributed by atoms with Crippen molar-refractivity contribution < 1.29 is 14.4 Å². The van der Waals surface area contributed by atoms with Crippen molar-refractivity contribution in [2.24, 2.45) is 0 Å². The maximum atomic E-state index is 8.59. The summed E-state index contributed by atoms with van der Waals surface area (Å²) in [5.41, 5.74) is 0. The van der Waals surface area contributed by atoms with Gasteiger partial charge in [-0.15, -0.1) is 0 Å². The van der Waals surface area contributed by atoms with Gasteiger partial charge in [0.05, 0.1) is 0 Å². The lowest BCUT2D eigenvalue weighted by molar-refractivity contribution is -0.180. The number of hydrogen-bond acceptors (Lipinski definition) is 2. The van der Waals surface area contributed by atoms with Crippen molar-refractivity contribution in [3.05, 3.63) is 0 Å². The molecule has 32 valence electrons. The molecule has 3 nitrogen and oxygen atoms in total. The van der Waals surface area contributed by atoms with E-state index in [1.54, 1.807) is 0 Å². The van der Waals surface area contributed by atoms with Crippen LogP contribution in [0, 0.1) is 0 Å². The first kappa shape index (κ1) is 8.89. The van der Waals surface area contributed by atoms with E-state index in [0.29, 0.717) is 0 Å². The van der Waals surface area contributed by atoms with E-state index in [2.05, 4.69) is 0 Å². The molecule has 0 rings (SSSR count). The molecule has 0 aromatic rings. The molecule has 0 fully saturated rings. The molecule has 1 unspecified atom stereocenters. The minimum Gasteiger partial charge on any atom is -0.567 e. The fourth-order valence-electron chi connectivity index (χ4n) is 0. The SMILES string of the molecule is C.O=[P+]([O-])O. The molecule has 0 radical (unpaired) electrons. The first-order chi connectivity index (χ1) is 1.73. The minimum atomic E-state index is -3.12. The van der Waals surface area contributed by atoms with E-state index in [-0.39, 0.29) is 7.43 Å². The monoisotopic (exact) mass is 96.0 g/mol. The third-order valence-corrected chi connectivity index (χ3v) is 0. The summed E-state index contributed by atoms with van der Waals surface area (Å²) in [6.07, 6.45) is 0. The molecule has 5 heavy (non-hydrogen) atoms. The van der Waals surface area contributed by atoms with Gasteiger partial charge in [-0.1, -0.05) is 7.43 Å². The lowest BCUT2D eigenvalue weighted by atomic mass is 12.0. The smallest absolute Gasteiger partial charge is 0.485 e. The second-order valence-electron chi connectivity index (χ2n) is 0.238. The molecule has 0 saturated heterocycles. The lowest BCUT2D eigenvalue weighted by Gasteiger charge is -1.56. The standard InChI is InChI=1S/CH4.HO3P/c;1-4(2)3/h1H4;(H,1,2,3). The molecule has 0 aromatic heterocycles. The zero-order valence-corrected chi connectivity index (χ0v) is 2.61. The van der Waals surface area contributed by atoms with Crippen molar-refractivity contribution >= 4 is 8.25 Å². The van der Waals surface area contributed by atoms with Gasteiger partial charge in [-0.3, -0.25) is 0 Å². The Morgan fingerprint density at radius 2 is 1.80 bits per heavy atom. The quantitative estimate of drug-likeness (QED) is 0.418. The van der Waals surface area contributed by atoms with Gasteiger partial charge in [0.1, 0.15) is 0 Å². The molecule has 4 heteroatoms. The first-order valence-corrected chi connectivity index (χ1v) is 1.70. The van der Waals surface area contributed by atoms with Gasteiger partial charge in [0.25, 0.3) is 0 Å². The molecule has 0 aliphatic heterocycles. The van der Waals surface area contributed by atoms with Crippen LogP contribution in [0.2, 0.25) is 0 Å². The van der Waals surface area contributed by atoms with E-state index in [1.807, 2.05) is 0 Å². The largest absolute Gasteiger partial charge is 0.567 e. The van der Waals surface area contributed by atoms with Gasteiger partial charge in [-0.05, 0) is 4.57 Å². The molecule has 0 heterocycles. The Bertz CT molecular complexity index is 29.9. The highest BCUT2D eigenvalue weighted by molar-refractivity contribution is 7.29. The Hall–Kier alpha value is 0.0200. The molecular weight excluding hydrogens is 91.0 g/mol. The molecule has 1 atom stereocenters. The highest BCUT2D eigenvalue weighted by atomic mass is 31.1.